The summed E-state index contributed by atoms with van der Waals surface area (Å²) >= 11 is 0. The average molecular weight is 376 g/mol. The average Bonchev–Trinajstić information content (AvgIpc) is 2.64. The Labute approximate surface area is 154 Å². The summed E-state index contributed by atoms with van der Waals surface area (Å²) in [5, 5.41) is 2.74. The largest absolute Gasteiger partial charge is 0.493 e. The molecule has 2 aromatic carbocycles. The maximum atomic E-state index is 12.4. The fraction of sp³-hybridized carbons (Fsp3) is 0.316. The SMILES string of the molecule is CCN(CC)S(=O)(=O)c1ccc(NC(=O)CCOc2ccccc2)cc1. The number of nitrogens with one attached hydrogen (secondary N) is 1. The van der Waals surface area contributed by atoms with Gasteiger partial charge in [-0.15, -0.1) is 0 Å². The number of anilines is 1. The van der Waals surface area contributed by atoms with Crippen LogP contribution in [0, 0.1) is 0 Å². The molecule has 0 saturated heterocycles. The minimum atomic E-state index is -3.49. The third-order valence-electron chi connectivity index (χ3n) is 3.82. The van der Waals surface area contributed by atoms with Gasteiger partial charge in [-0.1, -0.05) is 32.0 Å². The molecule has 6 nitrogen and oxygen atoms in total. The molecule has 0 aliphatic heterocycles. The lowest BCUT2D eigenvalue weighted by Gasteiger charge is -2.18. The number of carbonyl (C=O) groups is 1. The molecule has 0 bridgehead atoms. The highest BCUT2D eigenvalue weighted by Gasteiger charge is 2.21. The van der Waals surface area contributed by atoms with E-state index < -0.39 is 10.0 Å². The van der Waals surface area contributed by atoms with Crippen LogP contribution in [0.25, 0.3) is 0 Å². The molecule has 0 spiro atoms. The summed E-state index contributed by atoms with van der Waals surface area (Å²) in [5.41, 5.74) is 0.549. The highest BCUT2D eigenvalue weighted by molar-refractivity contribution is 7.89. The highest BCUT2D eigenvalue weighted by Crippen LogP contribution is 2.18. The molecule has 0 unspecified atom stereocenters. The lowest BCUT2D eigenvalue weighted by molar-refractivity contribution is -0.116. The molecule has 7 heteroatoms. The van der Waals surface area contributed by atoms with E-state index in [1.807, 2.05) is 30.3 Å². The van der Waals surface area contributed by atoms with Gasteiger partial charge in [-0.3, -0.25) is 4.79 Å². The van der Waals surface area contributed by atoms with Crippen LogP contribution in [0.2, 0.25) is 0 Å². The van der Waals surface area contributed by atoms with Crippen LogP contribution in [0.5, 0.6) is 5.75 Å². The van der Waals surface area contributed by atoms with Gasteiger partial charge in [0.25, 0.3) is 0 Å². The van der Waals surface area contributed by atoms with Crippen molar-refractivity contribution < 1.29 is 17.9 Å². The van der Waals surface area contributed by atoms with Crippen molar-refractivity contribution in [2.75, 3.05) is 25.0 Å². The van der Waals surface area contributed by atoms with E-state index in [0.29, 0.717) is 24.5 Å². The normalized spacial score (nSPS) is 11.3. The van der Waals surface area contributed by atoms with Crippen LogP contribution >= 0.6 is 0 Å². The van der Waals surface area contributed by atoms with Crippen LogP contribution in [0.3, 0.4) is 0 Å². The van der Waals surface area contributed by atoms with Crippen molar-refractivity contribution in [1.82, 2.24) is 4.31 Å². The Bertz CT molecular complexity index is 801. The number of amides is 1. The molecule has 1 N–H and O–H groups in total. The number of sulfonamides is 1. The van der Waals surface area contributed by atoms with E-state index in [1.165, 1.54) is 16.4 Å². The maximum Gasteiger partial charge on any atom is 0.243 e. The zero-order valence-electron chi connectivity index (χ0n) is 15.0. The van der Waals surface area contributed by atoms with Crippen LogP contribution < -0.4 is 10.1 Å². The van der Waals surface area contributed by atoms with E-state index in [9.17, 15) is 13.2 Å². The quantitative estimate of drug-likeness (QED) is 0.730. The first kappa shape index (κ1) is 19.9. The molecule has 0 saturated carbocycles. The van der Waals surface area contributed by atoms with E-state index in [0.717, 1.165) is 0 Å². The highest BCUT2D eigenvalue weighted by atomic mass is 32.2. The van der Waals surface area contributed by atoms with Crippen LogP contribution in [0.1, 0.15) is 20.3 Å². The first-order chi connectivity index (χ1) is 12.5. The maximum absolute atomic E-state index is 12.4. The molecule has 0 heterocycles. The van der Waals surface area contributed by atoms with Crippen LogP contribution in [-0.4, -0.2) is 38.3 Å². The second kappa shape index (κ2) is 9.35. The topological polar surface area (TPSA) is 75.7 Å². The van der Waals surface area contributed by atoms with Crippen molar-refractivity contribution in [1.29, 1.82) is 0 Å². The number of ether oxygens (including phenoxy) is 1. The molecule has 0 atom stereocenters. The summed E-state index contributed by atoms with van der Waals surface area (Å²) in [6, 6.07) is 15.5. The van der Waals surface area contributed by atoms with Crippen molar-refractivity contribution in [3.63, 3.8) is 0 Å². The van der Waals surface area contributed by atoms with Gasteiger partial charge < -0.3 is 10.1 Å². The molecular formula is C19H24N2O4S. The minimum absolute atomic E-state index is 0.194. The number of hydrogen-bond donors (Lipinski definition) is 1. The summed E-state index contributed by atoms with van der Waals surface area (Å²) in [7, 11) is -3.49. The first-order valence-corrected chi connectivity index (χ1v) is 9.99. The molecule has 0 aliphatic carbocycles. The number of nitrogens with zero attached hydrogens (tertiary/aromatic N) is 1. The van der Waals surface area contributed by atoms with Crippen molar-refractivity contribution >= 4 is 21.6 Å². The number of para-hydroxylation sites is 1. The van der Waals surface area contributed by atoms with Crippen molar-refractivity contribution in [3.8, 4) is 5.75 Å². The lowest BCUT2D eigenvalue weighted by Crippen LogP contribution is -2.30. The number of benzene rings is 2. The van der Waals surface area contributed by atoms with E-state index in [-0.39, 0.29) is 23.8 Å². The van der Waals surface area contributed by atoms with Crippen LogP contribution in [0.15, 0.2) is 59.5 Å². The second-order valence-corrected chi connectivity index (χ2v) is 7.51. The molecule has 2 rings (SSSR count). The van der Waals surface area contributed by atoms with E-state index in [1.54, 1.807) is 26.0 Å². The second-order valence-electron chi connectivity index (χ2n) is 5.57. The zero-order valence-corrected chi connectivity index (χ0v) is 15.8. The fourth-order valence-corrected chi connectivity index (χ4v) is 3.88. The van der Waals surface area contributed by atoms with Gasteiger partial charge in [0, 0.05) is 18.8 Å². The molecule has 140 valence electrons. The van der Waals surface area contributed by atoms with Crippen molar-refractivity contribution in [2.45, 2.75) is 25.2 Å². The minimum Gasteiger partial charge on any atom is -0.493 e. The van der Waals surface area contributed by atoms with Crippen LogP contribution in [0.4, 0.5) is 5.69 Å². The van der Waals surface area contributed by atoms with Gasteiger partial charge >= 0.3 is 0 Å². The summed E-state index contributed by atoms with van der Waals surface area (Å²) in [4.78, 5) is 12.2. The Hall–Kier alpha value is -2.38. The van der Waals surface area contributed by atoms with E-state index >= 15 is 0 Å². The molecule has 0 aliphatic rings. The molecule has 0 radical (unpaired) electrons. The molecular weight excluding hydrogens is 352 g/mol. The standard InChI is InChI=1S/C19H24N2O4S/c1-3-21(4-2)26(23,24)18-12-10-16(11-13-18)20-19(22)14-15-25-17-8-6-5-7-9-17/h5-13H,3-4,14-15H2,1-2H3,(H,20,22). The molecule has 26 heavy (non-hydrogen) atoms. The predicted octanol–water partition coefficient (Wildman–Crippen LogP) is 3.12. The third kappa shape index (κ3) is 5.31. The third-order valence-corrected chi connectivity index (χ3v) is 5.89. The zero-order chi connectivity index (χ0) is 19.0. The van der Waals surface area contributed by atoms with Gasteiger partial charge in [0.2, 0.25) is 15.9 Å². The smallest absolute Gasteiger partial charge is 0.243 e. The monoisotopic (exact) mass is 376 g/mol. The lowest BCUT2D eigenvalue weighted by atomic mass is 10.3. The van der Waals surface area contributed by atoms with Gasteiger partial charge in [-0.2, -0.15) is 4.31 Å². The molecule has 0 fully saturated rings. The number of rotatable bonds is 9. The Morgan fingerprint density at radius 1 is 1.00 bits per heavy atom. The number of hydrogen-bond acceptors (Lipinski definition) is 4. The fourth-order valence-electron chi connectivity index (χ4n) is 2.42. The van der Waals surface area contributed by atoms with Gasteiger partial charge in [-0.25, -0.2) is 8.42 Å². The molecule has 0 aromatic heterocycles. The summed E-state index contributed by atoms with van der Waals surface area (Å²) < 4.78 is 31.7. The van der Waals surface area contributed by atoms with Gasteiger partial charge in [0.15, 0.2) is 0 Å². The summed E-state index contributed by atoms with van der Waals surface area (Å²) in [5.74, 6) is 0.520. The Kier molecular flexibility index (Phi) is 7.17. The Morgan fingerprint density at radius 3 is 2.19 bits per heavy atom. The van der Waals surface area contributed by atoms with Crippen LogP contribution in [-0.2, 0) is 14.8 Å². The summed E-state index contributed by atoms with van der Waals surface area (Å²) in [6.45, 7) is 4.70. The Morgan fingerprint density at radius 2 is 1.62 bits per heavy atom. The van der Waals surface area contributed by atoms with Crippen molar-refractivity contribution in [3.05, 3.63) is 54.6 Å². The van der Waals surface area contributed by atoms with Crippen molar-refractivity contribution in [2.24, 2.45) is 0 Å². The Balaban J connectivity index is 1.89. The number of carbonyl (C=O) groups excluding carboxylic acids is 1. The molecule has 2 aromatic rings. The predicted molar refractivity (Wildman–Crippen MR) is 102 cm³/mol. The molecule has 1 amide bonds. The summed E-state index contributed by atoms with van der Waals surface area (Å²) in [6.07, 6.45) is 0.203. The van der Waals surface area contributed by atoms with E-state index in [2.05, 4.69) is 5.32 Å². The van der Waals surface area contributed by atoms with Gasteiger partial charge in [-0.05, 0) is 36.4 Å². The first-order valence-electron chi connectivity index (χ1n) is 8.55. The van der Waals surface area contributed by atoms with Gasteiger partial charge in [0.1, 0.15) is 5.75 Å². The van der Waals surface area contributed by atoms with E-state index in [4.69, 9.17) is 4.74 Å². The van der Waals surface area contributed by atoms with Gasteiger partial charge in [0.05, 0.1) is 17.9 Å².